The number of unbranched alkanes of at least 4 members (excludes halogenated alkanes) is 1. The molecule has 0 unspecified atom stereocenters. The number of allylic oxidation sites excluding steroid dienone is 4. The number of hydrogen-bond donors (Lipinski definition) is 0. The number of nitriles is 1. The molecule has 2 aliphatic carbocycles. The van der Waals surface area contributed by atoms with Crippen molar-refractivity contribution < 1.29 is 0 Å². The van der Waals surface area contributed by atoms with Crippen molar-refractivity contribution in [1.82, 2.24) is 0 Å². The predicted molar refractivity (Wildman–Crippen MR) is 104 cm³/mol. The largest absolute Gasteiger partial charge is 0.193 e. The topological polar surface area (TPSA) is 23.8 Å². The fourth-order valence-electron chi connectivity index (χ4n) is 4.76. The van der Waals surface area contributed by atoms with Crippen LogP contribution in [0.25, 0.3) is 0 Å². The van der Waals surface area contributed by atoms with Gasteiger partial charge in [0.2, 0.25) is 0 Å². The SMILES string of the molecule is CCCCC1CCC(CCC2CCC(/C=C/C=C/C#N)CC2)CC1. The Morgan fingerprint density at radius 2 is 1.33 bits per heavy atom. The number of hydrogen-bond acceptors (Lipinski definition) is 1. The molecule has 0 atom stereocenters. The summed E-state index contributed by atoms with van der Waals surface area (Å²) in [6.07, 6.45) is 26.7. The third-order valence-corrected chi connectivity index (χ3v) is 6.47. The van der Waals surface area contributed by atoms with E-state index in [1.54, 1.807) is 6.08 Å². The Bertz CT molecular complexity index is 412. The highest BCUT2D eigenvalue weighted by molar-refractivity contribution is 5.12. The van der Waals surface area contributed by atoms with E-state index in [-0.39, 0.29) is 0 Å². The zero-order valence-corrected chi connectivity index (χ0v) is 15.8. The van der Waals surface area contributed by atoms with Crippen molar-refractivity contribution in [2.45, 2.75) is 90.4 Å². The van der Waals surface area contributed by atoms with Crippen LogP contribution in [0.2, 0.25) is 0 Å². The molecule has 0 radical (unpaired) electrons. The molecule has 0 spiro atoms. The van der Waals surface area contributed by atoms with Crippen molar-refractivity contribution in [3.8, 4) is 6.07 Å². The Morgan fingerprint density at radius 1 is 0.792 bits per heavy atom. The van der Waals surface area contributed by atoms with Gasteiger partial charge in [-0.15, -0.1) is 0 Å². The molecule has 2 rings (SSSR count). The van der Waals surface area contributed by atoms with Gasteiger partial charge < -0.3 is 0 Å². The number of rotatable bonds is 8. The second-order valence-electron chi connectivity index (χ2n) is 8.26. The van der Waals surface area contributed by atoms with Gasteiger partial charge in [0, 0.05) is 6.08 Å². The molecular weight excluding hydrogens is 290 g/mol. The van der Waals surface area contributed by atoms with Crippen LogP contribution >= 0.6 is 0 Å². The molecule has 0 aromatic heterocycles. The van der Waals surface area contributed by atoms with E-state index in [0.717, 1.165) is 23.7 Å². The summed E-state index contributed by atoms with van der Waals surface area (Å²) in [5, 5.41) is 8.49. The summed E-state index contributed by atoms with van der Waals surface area (Å²) in [6.45, 7) is 2.32. The zero-order chi connectivity index (χ0) is 17.0. The standard InChI is InChI=1S/C23H37N/c1-2-3-7-20-9-13-22(14-10-20)17-18-23-15-11-21(12-16-23)8-5-4-6-19-24/h4-6,8,20-23H,2-3,7,9-18H2,1H3/b6-4+,8-5+. The van der Waals surface area contributed by atoms with Crippen LogP contribution in [0, 0.1) is 35.0 Å². The van der Waals surface area contributed by atoms with E-state index in [0.29, 0.717) is 0 Å². The Labute approximate surface area is 150 Å². The van der Waals surface area contributed by atoms with Gasteiger partial charge in [-0.25, -0.2) is 0 Å². The van der Waals surface area contributed by atoms with Gasteiger partial charge >= 0.3 is 0 Å². The molecular formula is C23H37N. The average molecular weight is 328 g/mol. The van der Waals surface area contributed by atoms with Crippen LogP contribution in [0.1, 0.15) is 90.4 Å². The van der Waals surface area contributed by atoms with Gasteiger partial charge in [0.05, 0.1) is 6.07 Å². The third kappa shape index (κ3) is 7.25. The van der Waals surface area contributed by atoms with Crippen LogP contribution in [-0.2, 0) is 0 Å². The van der Waals surface area contributed by atoms with Gasteiger partial charge in [0.15, 0.2) is 0 Å². The van der Waals surface area contributed by atoms with Gasteiger partial charge in [0.25, 0.3) is 0 Å². The lowest BCUT2D eigenvalue weighted by atomic mass is 9.75. The molecule has 0 aromatic carbocycles. The summed E-state index contributed by atoms with van der Waals surface area (Å²) >= 11 is 0. The second-order valence-corrected chi connectivity index (χ2v) is 8.26. The Balaban J connectivity index is 1.56. The van der Waals surface area contributed by atoms with Crippen molar-refractivity contribution in [2.75, 3.05) is 0 Å². The lowest BCUT2D eigenvalue weighted by Gasteiger charge is -2.31. The smallest absolute Gasteiger partial charge is 0.0912 e. The van der Waals surface area contributed by atoms with E-state index in [4.69, 9.17) is 5.26 Å². The maximum absolute atomic E-state index is 8.49. The van der Waals surface area contributed by atoms with Crippen LogP contribution < -0.4 is 0 Å². The summed E-state index contributed by atoms with van der Waals surface area (Å²) in [6, 6.07) is 2.04. The molecule has 2 aliphatic rings. The van der Waals surface area contributed by atoms with E-state index in [1.165, 1.54) is 83.5 Å². The van der Waals surface area contributed by atoms with Crippen LogP contribution in [-0.4, -0.2) is 0 Å². The molecule has 2 fully saturated rings. The Hall–Kier alpha value is -1.03. The fourth-order valence-corrected chi connectivity index (χ4v) is 4.76. The van der Waals surface area contributed by atoms with Crippen molar-refractivity contribution in [1.29, 1.82) is 5.26 Å². The van der Waals surface area contributed by atoms with Gasteiger partial charge in [-0.2, -0.15) is 5.26 Å². The van der Waals surface area contributed by atoms with E-state index in [9.17, 15) is 0 Å². The Kier molecular flexibility index (Phi) is 9.26. The fraction of sp³-hybridized carbons (Fsp3) is 0.783. The first-order valence-corrected chi connectivity index (χ1v) is 10.5. The lowest BCUT2D eigenvalue weighted by molar-refractivity contribution is 0.220. The average Bonchev–Trinajstić information content (AvgIpc) is 2.64. The van der Waals surface area contributed by atoms with E-state index < -0.39 is 0 Å². The third-order valence-electron chi connectivity index (χ3n) is 6.47. The first-order valence-electron chi connectivity index (χ1n) is 10.5. The van der Waals surface area contributed by atoms with E-state index in [1.807, 2.05) is 12.1 Å². The molecule has 2 saturated carbocycles. The van der Waals surface area contributed by atoms with Gasteiger partial charge in [0.1, 0.15) is 0 Å². The highest BCUT2D eigenvalue weighted by Gasteiger charge is 2.23. The second kappa shape index (κ2) is 11.5. The number of nitrogens with zero attached hydrogens (tertiary/aromatic N) is 1. The van der Waals surface area contributed by atoms with Crippen molar-refractivity contribution >= 4 is 0 Å². The Morgan fingerprint density at radius 3 is 1.88 bits per heavy atom. The van der Waals surface area contributed by atoms with Crippen LogP contribution in [0.4, 0.5) is 0 Å². The first kappa shape index (κ1) is 19.3. The molecule has 0 heterocycles. The molecule has 0 aliphatic heterocycles. The van der Waals surface area contributed by atoms with Crippen molar-refractivity contribution in [2.24, 2.45) is 23.7 Å². The summed E-state index contributed by atoms with van der Waals surface area (Å²) < 4.78 is 0. The maximum Gasteiger partial charge on any atom is 0.0912 e. The molecule has 24 heavy (non-hydrogen) atoms. The zero-order valence-electron chi connectivity index (χ0n) is 15.8. The summed E-state index contributed by atoms with van der Waals surface area (Å²) in [7, 11) is 0. The lowest BCUT2D eigenvalue weighted by Crippen LogP contribution is -2.17. The molecule has 134 valence electrons. The van der Waals surface area contributed by atoms with E-state index in [2.05, 4.69) is 19.1 Å². The summed E-state index contributed by atoms with van der Waals surface area (Å²) in [5.41, 5.74) is 0. The molecule has 0 N–H and O–H groups in total. The van der Waals surface area contributed by atoms with Gasteiger partial charge in [-0.3, -0.25) is 0 Å². The first-order chi connectivity index (χ1) is 11.8. The maximum atomic E-state index is 8.49. The predicted octanol–water partition coefficient (Wildman–Crippen LogP) is 7.21. The van der Waals surface area contributed by atoms with Crippen molar-refractivity contribution in [3.05, 3.63) is 24.3 Å². The van der Waals surface area contributed by atoms with Crippen LogP contribution in [0.3, 0.4) is 0 Å². The minimum atomic E-state index is 0.749. The molecule has 0 amide bonds. The van der Waals surface area contributed by atoms with Crippen LogP contribution in [0.15, 0.2) is 24.3 Å². The highest BCUT2D eigenvalue weighted by atomic mass is 14.3. The molecule has 1 heteroatoms. The molecule has 1 nitrogen and oxygen atoms in total. The molecule has 0 aromatic rings. The normalized spacial score (nSPS) is 31.5. The highest BCUT2D eigenvalue weighted by Crippen LogP contribution is 2.37. The van der Waals surface area contributed by atoms with Gasteiger partial charge in [-0.05, 0) is 49.4 Å². The van der Waals surface area contributed by atoms with Crippen LogP contribution in [0.5, 0.6) is 0 Å². The molecule has 0 bridgehead atoms. The monoisotopic (exact) mass is 327 g/mol. The van der Waals surface area contributed by atoms with Gasteiger partial charge in [-0.1, -0.05) is 82.9 Å². The minimum absolute atomic E-state index is 0.749. The quantitative estimate of drug-likeness (QED) is 0.341. The summed E-state index contributed by atoms with van der Waals surface area (Å²) in [5.74, 6) is 3.83. The molecule has 0 saturated heterocycles. The van der Waals surface area contributed by atoms with E-state index >= 15 is 0 Å². The minimum Gasteiger partial charge on any atom is -0.193 e. The van der Waals surface area contributed by atoms with Crippen molar-refractivity contribution in [3.63, 3.8) is 0 Å². The summed E-state index contributed by atoms with van der Waals surface area (Å²) in [4.78, 5) is 0.